The Labute approximate surface area is 172 Å². The van der Waals surface area contributed by atoms with Crippen LogP contribution in [0.15, 0.2) is 47.8 Å². The fourth-order valence-electron chi connectivity index (χ4n) is 3.29. The second-order valence-electron chi connectivity index (χ2n) is 6.95. The van der Waals surface area contributed by atoms with Gasteiger partial charge < -0.3 is 9.88 Å². The van der Waals surface area contributed by atoms with Gasteiger partial charge in [-0.1, -0.05) is 24.3 Å². The van der Waals surface area contributed by atoms with Gasteiger partial charge in [-0.3, -0.25) is 4.79 Å². The molecular formula is C22H21FN4OS. The summed E-state index contributed by atoms with van der Waals surface area (Å²) in [6.45, 7) is 2.47. The molecule has 4 rings (SSSR count). The monoisotopic (exact) mass is 408 g/mol. The molecule has 0 radical (unpaired) electrons. The molecule has 4 aromatic rings. The van der Waals surface area contributed by atoms with Gasteiger partial charge in [-0.2, -0.15) is 0 Å². The Morgan fingerprint density at radius 2 is 1.97 bits per heavy atom. The lowest BCUT2D eigenvalue weighted by Gasteiger charge is -2.06. The van der Waals surface area contributed by atoms with Crippen molar-refractivity contribution in [2.75, 3.05) is 6.54 Å². The first-order valence-corrected chi connectivity index (χ1v) is 10.3. The van der Waals surface area contributed by atoms with Crippen molar-refractivity contribution >= 4 is 28.3 Å². The van der Waals surface area contributed by atoms with Crippen LogP contribution in [-0.4, -0.2) is 27.0 Å². The van der Waals surface area contributed by atoms with Gasteiger partial charge in [0.1, 0.15) is 11.6 Å². The molecule has 2 heterocycles. The maximum atomic E-state index is 13.4. The van der Waals surface area contributed by atoms with Gasteiger partial charge in [0.15, 0.2) is 0 Å². The second kappa shape index (κ2) is 8.13. The zero-order chi connectivity index (χ0) is 20.4. The van der Waals surface area contributed by atoms with Gasteiger partial charge in [0.25, 0.3) is 0 Å². The third-order valence-electron chi connectivity index (χ3n) is 4.84. The van der Waals surface area contributed by atoms with Crippen molar-refractivity contribution in [3.05, 3.63) is 70.1 Å². The number of hydrogen-bond donors (Lipinski definition) is 1. The lowest BCUT2D eigenvalue weighted by molar-refractivity contribution is -0.120. The summed E-state index contributed by atoms with van der Waals surface area (Å²) < 4.78 is 15.3. The number of fused-ring (bicyclic) bond motifs is 1. The number of hydrogen-bond acceptors (Lipinski definition) is 4. The highest BCUT2D eigenvalue weighted by atomic mass is 32.1. The summed E-state index contributed by atoms with van der Waals surface area (Å²) >= 11 is 1.62. The number of aromatic nitrogens is 3. The van der Waals surface area contributed by atoms with E-state index in [4.69, 9.17) is 0 Å². The first-order valence-electron chi connectivity index (χ1n) is 9.38. The number of aryl methyl sites for hydroxylation is 2. The fraction of sp³-hybridized carbons (Fsp3) is 0.227. The zero-order valence-electron chi connectivity index (χ0n) is 16.3. The molecule has 29 heavy (non-hydrogen) atoms. The molecule has 2 aromatic carbocycles. The van der Waals surface area contributed by atoms with E-state index in [-0.39, 0.29) is 11.7 Å². The Balaban J connectivity index is 1.32. The Kier molecular flexibility index (Phi) is 5.40. The molecule has 0 aliphatic rings. The maximum Gasteiger partial charge on any atom is 0.224 e. The van der Waals surface area contributed by atoms with Crippen molar-refractivity contribution < 1.29 is 9.18 Å². The number of carbonyl (C=O) groups excluding carboxylic acids is 1. The predicted molar refractivity (Wildman–Crippen MR) is 113 cm³/mol. The summed E-state index contributed by atoms with van der Waals surface area (Å²) in [4.78, 5) is 21.3. The summed E-state index contributed by atoms with van der Waals surface area (Å²) in [6.07, 6.45) is 0.908. The van der Waals surface area contributed by atoms with Crippen LogP contribution in [0.1, 0.15) is 16.4 Å². The second-order valence-corrected chi connectivity index (χ2v) is 8.01. The van der Waals surface area contributed by atoms with Crippen LogP contribution in [0.25, 0.3) is 22.3 Å². The van der Waals surface area contributed by atoms with Crippen LogP contribution in [0.3, 0.4) is 0 Å². The summed E-state index contributed by atoms with van der Waals surface area (Å²) in [5, 5.41) is 6.01. The van der Waals surface area contributed by atoms with Crippen molar-refractivity contribution in [1.29, 1.82) is 0 Å². The van der Waals surface area contributed by atoms with E-state index >= 15 is 0 Å². The third kappa shape index (κ3) is 4.35. The molecule has 0 spiro atoms. The molecule has 0 unspecified atom stereocenters. The van der Waals surface area contributed by atoms with Gasteiger partial charge in [0.05, 0.1) is 28.2 Å². The molecule has 0 fully saturated rings. The summed E-state index contributed by atoms with van der Waals surface area (Å²) in [5.41, 5.74) is 4.48. The Bertz CT molecular complexity index is 1160. The molecule has 0 bridgehead atoms. The van der Waals surface area contributed by atoms with E-state index in [1.165, 1.54) is 12.1 Å². The SMILES string of the molecule is Cc1nc(-c2ccc(CC(=O)NCCc3nc4ccc(F)cc4n3C)cc2)cs1. The standard InChI is InChI=1S/C22H21FN4OS/c1-14-25-19(13-29-14)16-5-3-15(4-6-16)11-22(28)24-10-9-21-26-18-8-7-17(23)12-20(18)27(21)2/h3-8,12-13H,9-11H2,1-2H3,(H,24,28). The molecule has 0 saturated carbocycles. The van der Waals surface area contributed by atoms with E-state index in [1.54, 1.807) is 17.4 Å². The van der Waals surface area contributed by atoms with Crippen LogP contribution in [0.4, 0.5) is 4.39 Å². The van der Waals surface area contributed by atoms with E-state index in [9.17, 15) is 9.18 Å². The van der Waals surface area contributed by atoms with Crippen LogP contribution < -0.4 is 5.32 Å². The van der Waals surface area contributed by atoms with Gasteiger partial charge >= 0.3 is 0 Å². The van der Waals surface area contributed by atoms with Crippen LogP contribution >= 0.6 is 11.3 Å². The molecule has 2 aromatic heterocycles. The molecule has 0 aliphatic heterocycles. The van der Waals surface area contributed by atoms with Crippen LogP contribution in [0.5, 0.6) is 0 Å². The average Bonchev–Trinajstić information content (AvgIpc) is 3.26. The van der Waals surface area contributed by atoms with Crippen molar-refractivity contribution in [2.45, 2.75) is 19.8 Å². The lowest BCUT2D eigenvalue weighted by Crippen LogP contribution is -2.27. The molecule has 0 saturated heterocycles. The fourth-order valence-corrected chi connectivity index (χ4v) is 3.91. The highest BCUT2D eigenvalue weighted by Gasteiger charge is 2.10. The normalized spacial score (nSPS) is 11.1. The number of amides is 1. The molecule has 148 valence electrons. The highest BCUT2D eigenvalue weighted by Crippen LogP contribution is 2.22. The zero-order valence-corrected chi connectivity index (χ0v) is 17.1. The van der Waals surface area contributed by atoms with E-state index in [2.05, 4.69) is 15.3 Å². The van der Waals surface area contributed by atoms with Gasteiger partial charge in [-0.25, -0.2) is 14.4 Å². The van der Waals surface area contributed by atoms with Crippen LogP contribution in [-0.2, 0) is 24.7 Å². The number of imidazole rings is 1. The number of thiazole rings is 1. The number of nitrogens with one attached hydrogen (secondary N) is 1. The first-order chi connectivity index (χ1) is 14.0. The van der Waals surface area contributed by atoms with Gasteiger partial charge in [-0.05, 0) is 30.7 Å². The molecular weight excluding hydrogens is 387 g/mol. The Morgan fingerprint density at radius 3 is 2.69 bits per heavy atom. The van der Waals surface area contributed by atoms with Crippen LogP contribution in [0, 0.1) is 12.7 Å². The lowest BCUT2D eigenvalue weighted by atomic mass is 10.1. The number of nitrogens with zero attached hydrogens (tertiary/aromatic N) is 3. The third-order valence-corrected chi connectivity index (χ3v) is 5.61. The van der Waals surface area contributed by atoms with Gasteiger partial charge in [0, 0.05) is 31.0 Å². The number of halogens is 1. The largest absolute Gasteiger partial charge is 0.355 e. The van der Waals surface area contributed by atoms with Gasteiger partial charge in [-0.15, -0.1) is 11.3 Å². The van der Waals surface area contributed by atoms with Gasteiger partial charge in [0.2, 0.25) is 5.91 Å². The average molecular weight is 409 g/mol. The van der Waals surface area contributed by atoms with E-state index in [0.717, 1.165) is 38.7 Å². The Morgan fingerprint density at radius 1 is 1.17 bits per heavy atom. The molecule has 7 heteroatoms. The van der Waals surface area contributed by atoms with Crippen LogP contribution in [0.2, 0.25) is 0 Å². The van der Waals surface area contributed by atoms with E-state index in [0.29, 0.717) is 19.4 Å². The molecule has 1 N–H and O–H groups in total. The number of rotatable bonds is 6. The molecule has 5 nitrogen and oxygen atoms in total. The highest BCUT2D eigenvalue weighted by molar-refractivity contribution is 7.09. The summed E-state index contributed by atoms with van der Waals surface area (Å²) in [7, 11) is 1.86. The number of carbonyl (C=O) groups is 1. The molecule has 0 aliphatic carbocycles. The summed E-state index contributed by atoms with van der Waals surface area (Å²) in [6, 6.07) is 12.5. The minimum atomic E-state index is -0.281. The number of benzene rings is 2. The topological polar surface area (TPSA) is 59.8 Å². The maximum absolute atomic E-state index is 13.4. The predicted octanol–water partition coefficient (Wildman–Crippen LogP) is 4.05. The van der Waals surface area contributed by atoms with Crippen molar-refractivity contribution in [3.63, 3.8) is 0 Å². The smallest absolute Gasteiger partial charge is 0.224 e. The minimum Gasteiger partial charge on any atom is -0.355 e. The van der Waals surface area contributed by atoms with Crippen molar-refractivity contribution in [3.8, 4) is 11.3 Å². The van der Waals surface area contributed by atoms with E-state index < -0.39 is 0 Å². The minimum absolute atomic E-state index is 0.0351. The quantitative estimate of drug-likeness (QED) is 0.524. The summed E-state index contributed by atoms with van der Waals surface area (Å²) in [5.74, 6) is 0.497. The molecule has 1 amide bonds. The van der Waals surface area contributed by atoms with Crippen molar-refractivity contribution in [2.24, 2.45) is 7.05 Å². The van der Waals surface area contributed by atoms with E-state index in [1.807, 2.05) is 48.2 Å². The first kappa shape index (κ1) is 19.3. The molecule has 0 atom stereocenters. The Hall–Kier alpha value is -3.06. The van der Waals surface area contributed by atoms with Crippen molar-refractivity contribution in [1.82, 2.24) is 19.9 Å².